The third kappa shape index (κ3) is 4.06. The van der Waals surface area contributed by atoms with Crippen LogP contribution < -0.4 is 5.32 Å². The lowest BCUT2D eigenvalue weighted by molar-refractivity contribution is 0.329. The zero-order valence-electron chi connectivity index (χ0n) is 12.8. The first-order valence-corrected chi connectivity index (χ1v) is 8.84. The number of nitrogens with one attached hydrogen (secondary N) is 1. The lowest BCUT2D eigenvalue weighted by Gasteiger charge is -2.27. The quantitative estimate of drug-likeness (QED) is 0.714. The molecule has 1 aromatic heterocycles. The van der Waals surface area contributed by atoms with Gasteiger partial charge in [-0.25, -0.2) is 0 Å². The van der Waals surface area contributed by atoms with Gasteiger partial charge >= 0.3 is 0 Å². The molecule has 1 unspecified atom stereocenters. The summed E-state index contributed by atoms with van der Waals surface area (Å²) in [6, 6.07) is 2.97. The van der Waals surface area contributed by atoms with E-state index >= 15 is 0 Å². The van der Waals surface area contributed by atoms with Crippen LogP contribution in [0.5, 0.6) is 0 Å². The molecule has 1 fully saturated rings. The average molecular weight is 279 g/mol. The fourth-order valence-corrected chi connectivity index (χ4v) is 4.59. The molecular formula is C17H29NS. The van der Waals surface area contributed by atoms with Crippen molar-refractivity contribution in [2.24, 2.45) is 5.92 Å². The van der Waals surface area contributed by atoms with Crippen LogP contribution in [-0.2, 0) is 0 Å². The lowest BCUT2D eigenvalue weighted by Crippen LogP contribution is -2.28. The van der Waals surface area contributed by atoms with Gasteiger partial charge in [-0.1, -0.05) is 32.6 Å². The summed E-state index contributed by atoms with van der Waals surface area (Å²) >= 11 is 2.01. The van der Waals surface area contributed by atoms with Crippen LogP contribution >= 0.6 is 11.3 Å². The Kier molecular flexibility index (Phi) is 5.90. The summed E-state index contributed by atoms with van der Waals surface area (Å²) in [5.41, 5.74) is 1.50. The molecule has 1 N–H and O–H groups in total. The maximum absolute atomic E-state index is 3.85. The highest BCUT2D eigenvalue weighted by Crippen LogP contribution is 2.38. The van der Waals surface area contributed by atoms with E-state index in [0.29, 0.717) is 6.04 Å². The van der Waals surface area contributed by atoms with E-state index in [2.05, 4.69) is 32.2 Å². The molecule has 0 amide bonds. The van der Waals surface area contributed by atoms with Crippen molar-refractivity contribution in [1.29, 1.82) is 0 Å². The molecule has 2 rings (SSSR count). The minimum absolute atomic E-state index is 0.608. The molecule has 1 saturated carbocycles. The summed E-state index contributed by atoms with van der Waals surface area (Å²) in [6.45, 7) is 7.95. The van der Waals surface area contributed by atoms with Crippen LogP contribution in [0.3, 0.4) is 0 Å². The van der Waals surface area contributed by atoms with E-state index in [9.17, 15) is 0 Å². The second-order valence-electron chi connectivity index (χ2n) is 6.09. The van der Waals surface area contributed by atoms with Crippen LogP contribution in [0.15, 0.2) is 6.07 Å². The highest BCUT2D eigenvalue weighted by atomic mass is 32.1. The third-order valence-corrected chi connectivity index (χ3v) is 5.58. The van der Waals surface area contributed by atoms with Crippen LogP contribution in [0.4, 0.5) is 0 Å². The standard InChI is InChI=1S/C17H29NS/c1-4-11-18-16(15-9-7-5-6-8-10-15)17-13(2)12-14(3)19-17/h12,15-16,18H,4-11H2,1-3H3. The first-order chi connectivity index (χ1) is 9.22. The molecule has 0 aliphatic heterocycles. The van der Waals surface area contributed by atoms with Gasteiger partial charge < -0.3 is 5.32 Å². The second-order valence-corrected chi connectivity index (χ2v) is 7.38. The Morgan fingerprint density at radius 3 is 2.42 bits per heavy atom. The number of aryl methyl sites for hydroxylation is 2. The first-order valence-electron chi connectivity index (χ1n) is 8.02. The summed E-state index contributed by atoms with van der Waals surface area (Å²) in [6.07, 6.45) is 9.80. The molecule has 0 bridgehead atoms. The highest BCUT2D eigenvalue weighted by Gasteiger charge is 2.26. The van der Waals surface area contributed by atoms with Gasteiger partial charge in [0.15, 0.2) is 0 Å². The summed E-state index contributed by atoms with van der Waals surface area (Å²) < 4.78 is 0. The summed E-state index contributed by atoms with van der Waals surface area (Å²) in [4.78, 5) is 3.07. The van der Waals surface area contributed by atoms with Crippen molar-refractivity contribution in [1.82, 2.24) is 5.32 Å². The third-order valence-electron chi connectivity index (χ3n) is 4.35. The van der Waals surface area contributed by atoms with Crippen molar-refractivity contribution in [2.45, 2.75) is 71.8 Å². The SMILES string of the molecule is CCCNC(c1sc(C)cc1C)C1CCCCCC1. The van der Waals surface area contributed by atoms with Gasteiger partial charge in [-0.05, 0) is 57.2 Å². The van der Waals surface area contributed by atoms with Crippen molar-refractivity contribution >= 4 is 11.3 Å². The number of hydrogen-bond acceptors (Lipinski definition) is 2. The normalized spacial score (nSPS) is 19.3. The summed E-state index contributed by atoms with van der Waals surface area (Å²) in [5, 5.41) is 3.85. The van der Waals surface area contributed by atoms with Crippen LogP contribution in [0.2, 0.25) is 0 Å². The molecule has 1 atom stereocenters. The molecule has 0 spiro atoms. The van der Waals surface area contributed by atoms with Gasteiger partial charge in [-0.15, -0.1) is 11.3 Å². The predicted molar refractivity (Wildman–Crippen MR) is 86.0 cm³/mol. The van der Waals surface area contributed by atoms with E-state index in [1.807, 2.05) is 11.3 Å². The maximum atomic E-state index is 3.85. The number of rotatable bonds is 5. The summed E-state index contributed by atoms with van der Waals surface area (Å²) in [7, 11) is 0. The van der Waals surface area contributed by atoms with Gasteiger partial charge in [-0.3, -0.25) is 0 Å². The fraction of sp³-hybridized carbons (Fsp3) is 0.765. The van der Waals surface area contributed by atoms with E-state index in [1.54, 1.807) is 4.88 Å². The molecule has 1 aliphatic carbocycles. The molecule has 1 nitrogen and oxygen atoms in total. The Morgan fingerprint density at radius 2 is 1.89 bits per heavy atom. The Morgan fingerprint density at radius 1 is 1.21 bits per heavy atom. The highest BCUT2D eigenvalue weighted by molar-refractivity contribution is 7.12. The molecule has 0 saturated heterocycles. The molecule has 1 aromatic rings. The molecule has 108 valence electrons. The minimum atomic E-state index is 0.608. The van der Waals surface area contributed by atoms with Crippen molar-refractivity contribution in [3.05, 3.63) is 21.4 Å². The zero-order chi connectivity index (χ0) is 13.7. The Balaban J connectivity index is 2.16. The Hall–Kier alpha value is -0.340. The van der Waals surface area contributed by atoms with Gasteiger partial charge in [0.25, 0.3) is 0 Å². The molecule has 0 aromatic carbocycles. The minimum Gasteiger partial charge on any atom is -0.309 e. The topological polar surface area (TPSA) is 12.0 Å². The Labute approximate surface area is 122 Å². The van der Waals surface area contributed by atoms with Crippen LogP contribution in [0.1, 0.15) is 73.2 Å². The molecule has 1 aliphatic rings. The molecule has 2 heteroatoms. The van der Waals surface area contributed by atoms with Crippen LogP contribution in [-0.4, -0.2) is 6.54 Å². The van der Waals surface area contributed by atoms with Gasteiger partial charge in [-0.2, -0.15) is 0 Å². The van der Waals surface area contributed by atoms with Gasteiger partial charge in [0.2, 0.25) is 0 Å². The number of thiophene rings is 1. The van der Waals surface area contributed by atoms with Crippen LogP contribution in [0, 0.1) is 19.8 Å². The second kappa shape index (κ2) is 7.44. The van der Waals surface area contributed by atoms with Crippen molar-refractivity contribution in [3.8, 4) is 0 Å². The molecular weight excluding hydrogens is 250 g/mol. The molecule has 1 heterocycles. The molecule has 19 heavy (non-hydrogen) atoms. The lowest BCUT2D eigenvalue weighted by atomic mass is 9.89. The van der Waals surface area contributed by atoms with Gasteiger partial charge in [0, 0.05) is 15.8 Å². The largest absolute Gasteiger partial charge is 0.309 e. The van der Waals surface area contributed by atoms with E-state index < -0.39 is 0 Å². The van der Waals surface area contributed by atoms with Crippen LogP contribution in [0.25, 0.3) is 0 Å². The van der Waals surface area contributed by atoms with Crippen molar-refractivity contribution in [3.63, 3.8) is 0 Å². The maximum Gasteiger partial charge on any atom is 0.0446 e. The average Bonchev–Trinajstić information content (AvgIpc) is 2.60. The number of hydrogen-bond donors (Lipinski definition) is 1. The van der Waals surface area contributed by atoms with Gasteiger partial charge in [0.1, 0.15) is 0 Å². The predicted octanol–water partition coefficient (Wildman–Crippen LogP) is 5.38. The monoisotopic (exact) mass is 279 g/mol. The summed E-state index contributed by atoms with van der Waals surface area (Å²) in [5.74, 6) is 0.853. The smallest absolute Gasteiger partial charge is 0.0446 e. The van der Waals surface area contributed by atoms with E-state index in [4.69, 9.17) is 0 Å². The van der Waals surface area contributed by atoms with E-state index in [1.165, 1.54) is 55.4 Å². The van der Waals surface area contributed by atoms with Crippen molar-refractivity contribution < 1.29 is 0 Å². The Bertz CT molecular complexity index is 375. The van der Waals surface area contributed by atoms with E-state index in [-0.39, 0.29) is 0 Å². The first kappa shape index (κ1) is 15.1. The zero-order valence-corrected chi connectivity index (χ0v) is 13.6. The van der Waals surface area contributed by atoms with E-state index in [0.717, 1.165) is 12.5 Å². The molecule has 0 radical (unpaired) electrons. The van der Waals surface area contributed by atoms with Gasteiger partial charge in [0.05, 0.1) is 0 Å². The fourth-order valence-electron chi connectivity index (χ4n) is 3.39. The van der Waals surface area contributed by atoms with Crippen molar-refractivity contribution in [2.75, 3.05) is 6.54 Å².